The fraction of sp³-hybridized carbons (Fsp3) is 0.750. The molecule has 0 aliphatic heterocycles. The van der Waals surface area contributed by atoms with Gasteiger partial charge in [-0.15, -0.1) is 5.92 Å². The maximum Gasteiger partial charge on any atom is 0.0677 e. The summed E-state index contributed by atoms with van der Waals surface area (Å²) in [6, 6.07) is 0. The van der Waals surface area contributed by atoms with Crippen molar-refractivity contribution in [3.05, 3.63) is 0 Å². The van der Waals surface area contributed by atoms with Gasteiger partial charge in [-0.1, -0.05) is 5.92 Å². The van der Waals surface area contributed by atoms with Gasteiger partial charge in [0.05, 0.1) is 6.10 Å². The number of aliphatic hydroxyl groups excluding tert-OH is 1. The molecule has 0 amide bonds. The van der Waals surface area contributed by atoms with Crippen LogP contribution in [0.1, 0.15) is 26.2 Å². The summed E-state index contributed by atoms with van der Waals surface area (Å²) in [4.78, 5) is 0. The van der Waals surface area contributed by atoms with Crippen molar-refractivity contribution in [3.63, 3.8) is 0 Å². The third-order valence-electron chi connectivity index (χ3n) is 1.81. The molecule has 1 aliphatic carbocycles. The molecule has 1 N–H and O–H groups in total. The summed E-state index contributed by atoms with van der Waals surface area (Å²) < 4.78 is 0. The second-order valence-electron chi connectivity index (χ2n) is 2.50. The Hall–Kier alpha value is -0.480. The molecule has 0 unspecified atom stereocenters. The van der Waals surface area contributed by atoms with E-state index in [1.54, 1.807) is 0 Å². The van der Waals surface area contributed by atoms with Crippen LogP contribution < -0.4 is 0 Å². The highest BCUT2D eigenvalue weighted by molar-refractivity contribution is 5.05. The molecule has 0 aromatic carbocycles. The quantitative estimate of drug-likeness (QED) is 0.481. The van der Waals surface area contributed by atoms with Gasteiger partial charge in [-0.2, -0.15) is 0 Å². The number of rotatable bonds is 0. The molecule has 0 spiro atoms. The lowest BCUT2D eigenvalue weighted by Crippen LogP contribution is -2.10. The van der Waals surface area contributed by atoms with Crippen LogP contribution in [0.3, 0.4) is 0 Å². The van der Waals surface area contributed by atoms with Crippen molar-refractivity contribution >= 4 is 0 Å². The SMILES string of the molecule is CC#C[C@H]1CCC[C@@H]1O. The van der Waals surface area contributed by atoms with E-state index in [4.69, 9.17) is 0 Å². The van der Waals surface area contributed by atoms with Crippen molar-refractivity contribution < 1.29 is 5.11 Å². The third-order valence-corrected chi connectivity index (χ3v) is 1.81. The van der Waals surface area contributed by atoms with Crippen LogP contribution in [0.4, 0.5) is 0 Å². The highest BCUT2D eigenvalue weighted by atomic mass is 16.3. The number of hydrogen-bond acceptors (Lipinski definition) is 1. The maximum atomic E-state index is 9.22. The van der Waals surface area contributed by atoms with Gasteiger partial charge in [-0.05, 0) is 26.2 Å². The normalized spacial score (nSPS) is 33.6. The molecule has 1 heteroatoms. The van der Waals surface area contributed by atoms with E-state index in [0.717, 1.165) is 19.3 Å². The molecular formula is C8H12O. The van der Waals surface area contributed by atoms with Gasteiger partial charge in [0.1, 0.15) is 0 Å². The number of hydrogen-bond donors (Lipinski definition) is 1. The molecule has 0 heterocycles. The Bertz CT molecular complexity index is 140. The zero-order valence-electron chi connectivity index (χ0n) is 5.72. The largest absolute Gasteiger partial charge is 0.392 e. The van der Waals surface area contributed by atoms with E-state index in [1.807, 2.05) is 6.92 Å². The Balaban J connectivity index is 2.46. The summed E-state index contributed by atoms with van der Waals surface area (Å²) in [5.74, 6) is 6.10. The molecule has 1 nitrogen and oxygen atoms in total. The molecule has 0 aromatic rings. The minimum atomic E-state index is -0.141. The van der Waals surface area contributed by atoms with Crippen molar-refractivity contribution in [1.82, 2.24) is 0 Å². The molecule has 1 saturated carbocycles. The first-order chi connectivity index (χ1) is 4.34. The van der Waals surface area contributed by atoms with Gasteiger partial charge in [0.2, 0.25) is 0 Å². The van der Waals surface area contributed by atoms with Gasteiger partial charge in [0, 0.05) is 5.92 Å². The van der Waals surface area contributed by atoms with Crippen LogP contribution in [-0.4, -0.2) is 11.2 Å². The minimum Gasteiger partial charge on any atom is -0.392 e. The van der Waals surface area contributed by atoms with E-state index in [1.165, 1.54) is 0 Å². The van der Waals surface area contributed by atoms with Crippen LogP contribution in [0.25, 0.3) is 0 Å². The predicted octanol–water partition coefficient (Wildman–Crippen LogP) is 1.17. The maximum absolute atomic E-state index is 9.22. The molecule has 0 saturated heterocycles. The fourth-order valence-electron chi connectivity index (χ4n) is 1.29. The molecular weight excluding hydrogens is 112 g/mol. The molecule has 2 atom stereocenters. The summed E-state index contributed by atoms with van der Waals surface area (Å²) in [5, 5.41) is 9.22. The van der Waals surface area contributed by atoms with Crippen LogP contribution in [-0.2, 0) is 0 Å². The standard InChI is InChI=1S/C8H12O/c1-2-4-7-5-3-6-8(7)9/h7-9H,3,5-6H2,1H3/t7-,8-/m0/s1. The van der Waals surface area contributed by atoms with Gasteiger partial charge >= 0.3 is 0 Å². The van der Waals surface area contributed by atoms with Gasteiger partial charge in [-0.3, -0.25) is 0 Å². The van der Waals surface area contributed by atoms with Gasteiger partial charge in [-0.25, -0.2) is 0 Å². The average Bonchev–Trinajstić information content (AvgIpc) is 2.18. The molecule has 1 fully saturated rings. The molecule has 50 valence electrons. The van der Waals surface area contributed by atoms with Gasteiger partial charge in [0.15, 0.2) is 0 Å². The van der Waals surface area contributed by atoms with Gasteiger partial charge in [0.25, 0.3) is 0 Å². The molecule has 1 rings (SSSR count). The van der Waals surface area contributed by atoms with Crippen molar-refractivity contribution in [3.8, 4) is 11.8 Å². The zero-order chi connectivity index (χ0) is 6.69. The number of aliphatic hydroxyl groups is 1. The average molecular weight is 124 g/mol. The van der Waals surface area contributed by atoms with Crippen LogP contribution in [0.15, 0.2) is 0 Å². The molecule has 0 bridgehead atoms. The second kappa shape index (κ2) is 2.89. The third kappa shape index (κ3) is 1.46. The Morgan fingerprint density at radius 1 is 1.44 bits per heavy atom. The van der Waals surface area contributed by atoms with E-state index in [0.29, 0.717) is 0 Å². The first kappa shape index (κ1) is 6.64. The summed E-state index contributed by atoms with van der Waals surface area (Å²) in [6.45, 7) is 1.82. The smallest absolute Gasteiger partial charge is 0.0677 e. The summed E-state index contributed by atoms with van der Waals surface area (Å²) in [7, 11) is 0. The van der Waals surface area contributed by atoms with E-state index >= 15 is 0 Å². The monoisotopic (exact) mass is 124 g/mol. The zero-order valence-corrected chi connectivity index (χ0v) is 5.72. The Morgan fingerprint density at radius 3 is 2.67 bits per heavy atom. The van der Waals surface area contributed by atoms with Crippen molar-refractivity contribution in [2.24, 2.45) is 5.92 Å². The lowest BCUT2D eigenvalue weighted by atomic mass is 10.1. The van der Waals surface area contributed by atoms with Crippen LogP contribution in [0.2, 0.25) is 0 Å². The van der Waals surface area contributed by atoms with Crippen molar-refractivity contribution in [2.45, 2.75) is 32.3 Å². The lowest BCUT2D eigenvalue weighted by Gasteiger charge is -2.04. The molecule has 0 radical (unpaired) electrons. The first-order valence-corrected chi connectivity index (χ1v) is 3.45. The highest BCUT2D eigenvalue weighted by Crippen LogP contribution is 2.24. The fourth-order valence-corrected chi connectivity index (χ4v) is 1.29. The van der Waals surface area contributed by atoms with E-state index in [-0.39, 0.29) is 12.0 Å². The Morgan fingerprint density at radius 2 is 2.22 bits per heavy atom. The Kier molecular flexibility index (Phi) is 2.13. The lowest BCUT2D eigenvalue weighted by molar-refractivity contribution is 0.157. The van der Waals surface area contributed by atoms with Gasteiger partial charge < -0.3 is 5.11 Å². The minimum absolute atomic E-state index is 0.141. The first-order valence-electron chi connectivity index (χ1n) is 3.45. The summed E-state index contributed by atoms with van der Waals surface area (Å²) in [6.07, 6.45) is 3.03. The summed E-state index contributed by atoms with van der Waals surface area (Å²) >= 11 is 0. The topological polar surface area (TPSA) is 20.2 Å². The predicted molar refractivity (Wildman–Crippen MR) is 36.8 cm³/mol. The van der Waals surface area contributed by atoms with Crippen molar-refractivity contribution in [2.75, 3.05) is 0 Å². The molecule has 1 aliphatic rings. The molecule has 9 heavy (non-hydrogen) atoms. The van der Waals surface area contributed by atoms with Crippen molar-refractivity contribution in [1.29, 1.82) is 0 Å². The molecule has 0 aromatic heterocycles. The highest BCUT2D eigenvalue weighted by Gasteiger charge is 2.22. The van der Waals surface area contributed by atoms with E-state index < -0.39 is 0 Å². The van der Waals surface area contributed by atoms with Crippen LogP contribution in [0.5, 0.6) is 0 Å². The second-order valence-corrected chi connectivity index (χ2v) is 2.50. The van der Waals surface area contributed by atoms with Crippen LogP contribution in [0, 0.1) is 17.8 Å². The Labute approximate surface area is 56.1 Å². The van der Waals surface area contributed by atoms with E-state index in [2.05, 4.69) is 11.8 Å². The van der Waals surface area contributed by atoms with E-state index in [9.17, 15) is 5.11 Å². The van der Waals surface area contributed by atoms with Crippen LogP contribution >= 0.6 is 0 Å². The summed E-state index contributed by atoms with van der Waals surface area (Å²) in [5.41, 5.74) is 0.